The maximum Gasteiger partial charge on any atom is 0.249 e. The molecule has 2 aromatic heterocycles. The number of nitrogens with zero attached hydrogens (tertiary/aromatic N) is 6. The first-order chi connectivity index (χ1) is 31.0. The molecular formula is C38H24Cl2F12N6O4S4. The van der Waals surface area contributed by atoms with Crippen molar-refractivity contribution < 1.29 is 69.5 Å². The van der Waals surface area contributed by atoms with E-state index < -0.39 is 99.6 Å². The number of piperazine rings is 2. The predicted molar refractivity (Wildman–Crippen MR) is 219 cm³/mol. The fourth-order valence-corrected chi connectivity index (χ4v) is 12.0. The molecule has 0 saturated carbocycles. The standard InChI is InChI=1S/C19H12Cl2F5N3O2S2.C19H12F7N3O2S2/c2*20-10-5-9(6-11(21)7-10)12-8-32-19(27-12)28-1-3-29(4-2-28)33(30,31)18-16(25)14(23)13(22)15(24)17(18)26/h2*5-8H,1-4H2. The predicted octanol–water partition coefficient (Wildman–Crippen LogP) is 9.62. The fraction of sp³-hybridized carbons (Fsp3) is 0.211. The van der Waals surface area contributed by atoms with E-state index in [0.29, 0.717) is 46.2 Å². The van der Waals surface area contributed by atoms with Crippen molar-refractivity contribution in [2.45, 2.75) is 9.79 Å². The molecule has 6 aromatic rings. The van der Waals surface area contributed by atoms with Gasteiger partial charge in [0, 0.05) is 90.4 Å². The third-order valence-electron chi connectivity index (χ3n) is 9.85. The van der Waals surface area contributed by atoms with Crippen LogP contribution in [0.5, 0.6) is 0 Å². The number of aromatic nitrogens is 2. The number of hydrogen-bond acceptors (Lipinski definition) is 10. The summed E-state index contributed by atoms with van der Waals surface area (Å²) in [7, 11) is -10.0. The van der Waals surface area contributed by atoms with E-state index in [4.69, 9.17) is 23.2 Å². The summed E-state index contributed by atoms with van der Waals surface area (Å²) < 4.78 is 215. The van der Waals surface area contributed by atoms with E-state index in [0.717, 1.165) is 23.5 Å². The van der Waals surface area contributed by atoms with Crippen LogP contribution in [-0.4, -0.2) is 87.8 Å². The fourth-order valence-electron chi connectivity index (χ4n) is 6.61. The molecule has 10 nitrogen and oxygen atoms in total. The molecule has 2 fully saturated rings. The maximum atomic E-state index is 14.1. The number of thiazole rings is 2. The van der Waals surface area contributed by atoms with E-state index in [-0.39, 0.29) is 63.6 Å². The van der Waals surface area contributed by atoms with Crippen molar-refractivity contribution in [2.24, 2.45) is 0 Å². The van der Waals surface area contributed by atoms with Crippen molar-refractivity contribution in [2.75, 3.05) is 62.2 Å². The summed E-state index contributed by atoms with van der Waals surface area (Å²) >= 11 is 14.4. The van der Waals surface area contributed by atoms with Crippen molar-refractivity contribution in [3.05, 3.63) is 127 Å². The van der Waals surface area contributed by atoms with E-state index in [1.54, 1.807) is 38.8 Å². The van der Waals surface area contributed by atoms with Gasteiger partial charge in [-0.15, -0.1) is 22.7 Å². The van der Waals surface area contributed by atoms with Crippen LogP contribution in [-0.2, 0) is 20.0 Å². The second kappa shape index (κ2) is 19.1. The lowest BCUT2D eigenvalue weighted by atomic mass is 10.1. The number of benzene rings is 4. The Morgan fingerprint density at radius 3 is 1.06 bits per heavy atom. The highest BCUT2D eigenvalue weighted by atomic mass is 35.5. The molecule has 8 rings (SSSR count). The van der Waals surface area contributed by atoms with Gasteiger partial charge in [-0.2, -0.15) is 8.61 Å². The van der Waals surface area contributed by atoms with Crippen LogP contribution in [0.1, 0.15) is 0 Å². The normalized spacial score (nSPS) is 15.3. The monoisotopic (exact) mass is 1050 g/mol. The van der Waals surface area contributed by atoms with Crippen LogP contribution in [0.25, 0.3) is 22.5 Å². The SMILES string of the molecule is O=S(=O)(c1c(F)c(F)c(F)c(F)c1F)N1CCN(c2nc(-c3cc(Cl)cc(Cl)c3)cs2)CC1.O=S(=O)(c1c(F)c(F)c(F)c(F)c1F)N1CCN(c2nc(-c3cc(F)cc(F)c3)cs2)CC1. The Hall–Kier alpha value is -4.70. The van der Waals surface area contributed by atoms with Gasteiger partial charge in [-0.05, 0) is 30.3 Å². The van der Waals surface area contributed by atoms with E-state index in [2.05, 4.69) is 9.97 Å². The summed E-state index contributed by atoms with van der Waals surface area (Å²) in [6, 6.07) is 7.83. The third kappa shape index (κ3) is 9.55. The van der Waals surface area contributed by atoms with Gasteiger partial charge in [-0.1, -0.05) is 23.2 Å². The summed E-state index contributed by atoms with van der Waals surface area (Å²) in [4.78, 5) is 8.36. The van der Waals surface area contributed by atoms with Crippen LogP contribution < -0.4 is 9.80 Å². The van der Waals surface area contributed by atoms with E-state index in [1.807, 2.05) is 0 Å². The average molecular weight is 1060 g/mol. The van der Waals surface area contributed by atoms with Crippen LogP contribution in [0, 0.1) is 69.8 Å². The average Bonchev–Trinajstić information content (AvgIpc) is 3.98. The molecule has 2 saturated heterocycles. The van der Waals surface area contributed by atoms with Crippen molar-refractivity contribution >= 4 is 76.2 Å². The van der Waals surface area contributed by atoms with Crippen LogP contribution >= 0.6 is 45.9 Å². The molecule has 66 heavy (non-hydrogen) atoms. The Balaban J connectivity index is 0.000000196. The lowest BCUT2D eigenvalue weighted by molar-refractivity contribution is 0.344. The van der Waals surface area contributed by atoms with Crippen molar-refractivity contribution in [3.63, 3.8) is 0 Å². The van der Waals surface area contributed by atoms with Gasteiger partial charge in [0.2, 0.25) is 31.7 Å². The van der Waals surface area contributed by atoms with Gasteiger partial charge in [-0.25, -0.2) is 79.5 Å². The Kier molecular flexibility index (Phi) is 14.3. The Morgan fingerprint density at radius 2 is 0.727 bits per heavy atom. The van der Waals surface area contributed by atoms with Gasteiger partial charge in [0.1, 0.15) is 11.6 Å². The quantitative estimate of drug-likeness (QED) is 0.0844. The minimum atomic E-state index is -5.03. The van der Waals surface area contributed by atoms with E-state index >= 15 is 0 Å². The highest BCUT2D eigenvalue weighted by Gasteiger charge is 2.40. The van der Waals surface area contributed by atoms with Gasteiger partial charge < -0.3 is 9.80 Å². The second-order valence-corrected chi connectivity index (χ2v) is 20.2. The molecule has 0 atom stereocenters. The first kappa shape index (κ1) is 49.2. The van der Waals surface area contributed by atoms with Crippen LogP contribution in [0.15, 0.2) is 56.9 Å². The number of hydrogen-bond donors (Lipinski definition) is 0. The highest BCUT2D eigenvalue weighted by Crippen LogP contribution is 2.35. The van der Waals surface area contributed by atoms with Crippen LogP contribution in [0.2, 0.25) is 10.0 Å². The number of anilines is 2. The van der Waals surface area contributed by atoms with Gasteiger partial charge in [0.05, 0.1) is 11.4 Å². The molecule has 0 N–H and O–H groups in total. The van der Waals surface area contributed by atoms with Crippen LogP contribution in [0.4, 0.5) is 62.9 Å². The first-order valence-corrected chi connectivity index (χ1v) is 23.8. The largest absolute Gasteiger partial charge is 0.345 e. The molecule has 4 heterocycles. The molecule has 0 radical (unpaired) electrons. The van der Waals surface area contributed by atoms with Gasteiger partial charge >= 0.3 is 0 Å². The molecule has 2 aliphatic heterocycles. The van der Waals surface area contributed by atoms with Gasteiger partial charge in [-0.3, -0.25) is 0 Å². The molecule has 2 aliphatic rings. The number of rotatable bonds is 8. The van der Waals surface area contributed by atoms with Crippen molar-refractivity contribution in [1.29, 1.82) is 0 Å². The minimum absolute atomic E-state index is 0.0148. The van der Waals surface area contributed by atoms with Gasteiger partial charge in [0.25, 0.3) is 0 Å². The first-order valence-electron chi connectivity index (χ1n) is 18.4. The Labute approximate surface area is 384 Å². The third-order valence-corrected chi connectivity index (χ3v) is 15.9. The zero-order valence-corrected chi connectivity index (χ0v) is 37.3. The minimum Gasteiger partial charge on any atom is -0.345 e. The Bertz CT molecular complexity index is 2790. The summed E-state index contributed by atoms with van der Waals surface area (Å²) in [6.07, 6.45) is 0. The molecule has 0 unspecified atom stereocenters. The second-order valence-electron chi connectivity index (χ2n) is 13.9. The van der Waals surface area contributed by atoms with Crippen LogP contribution in [0.3, 0.4) is 0 Å². The summed E-state index contributed by atoms with van der Waals surface area (Å²) in [6.45, 7) is -1.02. The van der Waals surface area contributed by atoms with E-state index in [1.165, 1.54) is 11.3 Å². The molecule has 0 aliphatic carbocycles. The molecule has 0 spiro atoms. The zero-order chi connectivity index (χ0) is 48.2. The summed E-state index contributed by atoms with van der Waals surface area (Å²) in [5, 5.41) is 5.10. The molecule has 0 amide bonds. The molecule has 0 bridgehead atoms. The Morgan fingerprint density at radius 1 is 0.424 bits per heavy atom. The summed E-state index contributed by atoms with van der Waals surface area (Å²) in [5.41, 5.74) is 1.76. The molecule has 352 valence electrons. The lowest BCUT2D eigenvalue weighted by Gasteiger charge is -2.33. The van der Waals surface area contributed by atoms with Gasteiger partial charge in [0.15, 0.2) is 66.6 Å². The molecule has 4 aromatic carbocycles. The highest BCUT2D eigenvalue weighted by molar-refractivity contribution is 7.89. The zero-order valence-electron chi connectivity index (χ0n) is 32.5. The van der Waals surface area contributed by atoms with Crippen molar-refractivity contribution in [3.8, 4) is 22.5 Å². The lowest BCUT2D eigenvalue weighted by Crippen LogP contribution is -2.49. The maximum absolute atomic E-state index is 14.1. The van der Waals surface area contributed by atoms with E-state index in [9.17, 15) is 69.5 Å². The number of sulfonamides is 2. The van der Waals surface area contributed by atoms with Crippen molar-refractivity contribution in [1.82, 2.24) is 18.6 Å². The molecule has 28 heteroatoms. The number of halogens is 14. The smallest absolute Gasteiger partial charge is 0.249 e. The summed E-state index contributed by atoms with van der Waals surface area (Å²) in [5.74, 6) is -25.4. The molecular weight excluding hydrogens is 1030 g/mol. The topological polar surface area (TPSA) is 107 Å².